The summed E-state index contributed by atoms with van der Waals surface area (Å²) in [6, 6.07) is 26.8. The number of benzene rings is 3. The Balaban J connectivity index is 1.78. The minimum absolute atomic E-state index is 0.225. The number of rotatable bonds is 4. The monoisotopic (exact) mass is 372 g/mol. The molecular weight excluding hydrogens is 356 g/mol. The van der Waals surface area contributed by atoms with Crippen molar-refractivity contribution in [2.24, 2.45) is 0 Å². The molecule has 4 heteroatoms. The van der Waals surface area contributed by atoms with Crippen LogP contribution < -0.4 is 0 Å². The minimum atomic E-state index is 0.225. The van der Waals surface area contributed by atoms with E-state index < -0.39 is 0 Å². The van der Waals surface area contributed by atoms with Crippen molar-refractivity contribution >= 4 is 23.8 Å². The van der Waals surface area contributed by atoms with Crippen molar-refractivity contribution in [2.45, 2.75) is 0 Å². The molecule has 0 bridgehead atoms. The molecule has 27 heavy (non-hydrogen) atoms. The first kappa shape index (κ1) is 17.1. The second-order valence-electron chi connectivity index (χ2n) is 6.10. The third kappa shape index (κ3) is 3.78. The molecular formula is C23H17ClN2O. The van der Waals surface area contributed by atoms with E-state index in [0.717, 1.165) is 28.2 Å². The molecule has 1 aromatic heterocycles. The number of halogens is 1. The van der Waals surface area contributed by atoms with Gasteiger partial charge in [0.2, 0.25) is 0 Å². The van der Waals surface area contributed by atoms with Crippen molar-refractivity contribution < 1.29 is 5.11 Å². The van der Waals surface area contributed by atoms with Gasteiger partial charge in [-0.25, -0.2) is 4.68 Å². The average molecular weight is 373 g/mol. The number of hydrogen-bond acceptors (Lipinski definition) is 2. The summed E-state index contributed by atoms with van der Waals surface area (Å²) in [4.78, 5) is 0. The third-order valence-electron chi connectivity index (χ3n) is 4.23. The topological polar surface area (TPSA) is 38.1 Å². The molecule has 0 radical (unpaired) electrons. The minimum Gasteiger partial charge on any atom is -0.507 e. The van der Waals surface area contributed by atoms with Crippen molar-refractivity contribution in [2.75, 3.05) is 0 Å². The van der Waals surface area contributed by atoms with Gasteiger partial charge in [-0.2, -0.15) is 5.10 Å². The Morgan fingerprint density at radius 1 is 0.815 bits per heavy atom. The van der Waals surface area contributed by atoms with Gasteiger partial charge in [0.1, 0.15) is 5.75 Å². The number of para-hydroxylation sites is 2. The second-order valence-corrected chi connectivity index (χ2v) is 6.54. The Hall–Kier alpha value is -3.30. The number of aromatic nitrogens is 2. The highest BCUT2D eigenvalue weighted by Gasteiger charge is 2.13. The van der Waals surface area contributed by atoms with Crippen molar-refractivity contribution in [1.82, 2.24) is 9.78 Å². The number of hydrogen-bond donors (Lipinski definition) is 1. The van der Waals surface area contributed by atoms with Crippen LogP contribution in [0.2, 0.25) is 5.02 Å². The molecule has 0 saturated heterocycles. The van der Waals surface area contributed by atoms with Crippen LogP contribution in [0.1, 0.15) is 11.3 Å². The highest BCUT2D eigenvalue weighted by atomic mass is 35.5. The fraction of sp³-hybridized carbons (Fsp3) is 0. The van der Waals surface area contributed by atoms with E-state index in [1.54, 1.807) is 6.07 Å². The lowest BCUT2D eigenvalue weighted by molar-refractivity contribution is 0.477. The Bertz CT molecular complexity index is 1080. The van der Waals surface area contributed by atoms with E-state index in [-0.39, 0.29) is 5.75 Å². The molecule has 0 spiro atoms. The van der Waals surface area contributed by atoms with Crippen molar-refractivity contribution in [1.29, 1.82) is 0 Å². The van der Waals surface area contributed by atoms with E-state index in [4.69, 9.17) is 16.7 Å². The molecule has 0 atom stereocenters. The van der Waals surface area contributed by atoms with E-state index in [9.17, 15) is 5.11 Å². The summed E-state index contributed by atoms with van der Waals surface area (Å²) in [6.45, 7) is 0. The summed E-state index contributed by atoms with van der Waals surface area (Å²) >= 11 is 5.94. The number of aromatic hydroxyl groups is 1. The van der Waals surface area contributed by atoms with Crippen LogP contribution in [0.25, 0.3) is 29.1 Å². The van der Waals surface area contributed by atoms with Gasteiger partial charge in [0.25, 0.3) is 0 Å². The summed E-state index contributed by atoms with van der Waals surface area (Å²) in [7, 11) is 0. The van der Waals surface area contributed by atoms with Crippen LogP contribution in [0, 0.1) is 0 Å². The quantitative estimate of drug-likeness (QED) is 0.472. The zero-order chi connectivity index (χ0) is 18.6. The first-order valence-corrected chi connectivity index (χ1v) is 8.96. The molecule has 0 fully saturated rings. The standard InChI is InChI=1S/C23H17ClN2O/c24-18-13-10-17(11-14-18)12-15-19-16-22(21-8-4-5-9-23(21)27)26(25-19)20-6-2-1-3-7-20/h1-16,27H/b15-12+. The van der Waals surface area contributed by atoms with E-state index in [0.29, 0.717) is 5.02 Å². The van der Waals surface area contributed by atoms with Gasteiger partial charge in [0.05, 0.1) is 17.1 Å². The number of nitrogens with zero attached hydrogens (tertiary/aromatic N) is 2. The van der Waals surface area contributed by atoms with Crippen LogP contribution in [0.3, 0.4) is 0 Å². The molecule has 132 valence electrons. The van der Waals surface area contributed by atoms with E-state index >= 15 is 0 Å². The maximum absolute atomic E-state index is 10.3. The molecule has 4 rings (SSSR count). The first-order valence-electron chi connectivity index (χ1n) is 8.58. The van der Waals surface area contributed by atoms with Crippen LogP contribution in [0.4, 0.5) is 0 Å². The van der Waals surface area contributed by atoms with Gasteiger partial charge < -0.3 is 5.11 Å². The fourth-order valence-electron chi connectivity index (χ4n) is 2.88. The molecule has 0 aliphatic carbocycles. The molecule has 0 aliphatic rings. The van der Waals surface area contributed by atoms with E-state index in [1.165, 1.54) is 0 Å². The first-order chi connectivity index (χ1) is 13.2. The van der Waals surface area contributed by atoms with Gasteiger partial charge in [-0.1, -0.05) is 60.1 Å². The van der Waals surface area contributed by atoms with Crippen molar-refractivity contribution in [3.05, 3.63) is 101 Å². The Morgan fingerprint density at radius 2 is 1.52 bits per heavy atom. The second kappa shape index (κ2) is 7.52. The third-order valence-corrected chi connectivity index (χ3v) is 4.48. The predicted molar refractivity (Wildman–Crippen MR) is 111 cm³/mol. The van der Waals surface area contributed by atoms with Crippen LogP contribution in [0.15, 0.2) is 84.9 Å². The van der Waals surface area contributed by atoms with E-state index in [1.807, 2.05) is 95.7 Å². The normalized spacial score (nSPS) is 11.1. The molecule has 0 unspecified atom stereocenters. The van der Waals surface area contributed by atoms with Crippen molar-refractivity contribution in [3.8, 4) is 22.7 Å². The number of phenolic OH excluding ortho intramolecular Hbond substituents is 1. The molecule has 3 aromatic carbocycles. The molecule has 1 N–H and O–H groups in total. The summed E-state index contributed by atoms with van der Waals surface area (Å²) in [6.07, 6.45) is 3.94. The fourth-order valence-corrected chi connectivity index (χ4v) is 3.01. The Labute approximate surface area is 162 Å². The molecule has 3 nitrogen and oxygen atoms in total. The maximum Gasteiger partial charge on any atom is 0.124 e. The van der Waals surface area contributed by atoms with Gasteiger partial charge in [0, 0.05) is 10.6 Å². The van der Waals surface area contributed by atoms with Crippen LogP contribution in [-0.4, -0.2) is 14.9 Å². The van der Waals surface area contributed by atoms with Gasteiger partial charge >= 0.3 is 0 Å². The molecule has 0 aliphatic heterocycles. The van der Waals surface area contributed by atoms with Gasteiger partial charge in [0.15, 0.2) is 0 Å². The molecule has 1 heterocycles. The zero-order valence-corrected chi connectivity index (χ0v) is 15.2. The largest absolute Gasteiger partial charge is 0.507 e. The zero-order valence-electron chi connectivity index (χ0n) is 14.5. The molecule has 0 saturated carbocycles. The summed E-state index contributed by atoms with van der Waals surface area (Å²) in [5, 5.41) is 15.7. The Kier molecular flexibility index (Phi) is 4.77. The van der Waals surface area contributed by atoms with Gasteiger partial charge in [-0.3, -0.25) is 0 Å². The molecule has 0 amide bonds. The van der Waals surface area contributed by atoms with Gasteiger partial charge in [-0.05, 0) is 54.1 Å². The lowest BCUT2D eigenvalue weighted by Gasteiger charge is -2.08. The molecule has 4 aromatic rings. The lowest BCUT2D eigenvalue weighted by atomic mass is 10.1. The maximum atomic E-state index is 10.3. The highest BCUT2D eigenvalue weighted by molar-refractivity contribution is 6.30. The predicted octanol–water partition coefficient (Wildman–Crippen LogP) is 6.07. The van der Waals surface area contributed by atoms with Gasteiger partial charge in [-0.15, -0.1) is 0 Å². The summed E-state index contributed by atoms with van der Waals surface area (Å²) in [5.41, 5.74) is 4.33. The van der Waals surface area contributed by atoms with Crippen molar-refractivity contribution in [3.63, 3.8) is 0 Å². The van der Waals surface area contributed by atoms with Crippen LogP contribution in [-0.2, 0) is 0 Å². The van der Waals surface area contributed by atoms with Crippen LogP contribution in [0.5, 0.6) is 5.75 Å². The summed E-state index contributed by atoms with van der Waals surface area (Å²) in [5.74, 6) is 0.225. The average Bonchev–Trinajstić information content (AvgIpc) is 3.13. The number of phenols is 1. The smallest absolute Gasteiger partial charge is 0.124 e. The Morgan fingerprint density at radius 3 is 2.26 bits per heavy atom. The van der Waals surface area contributed by atoms with E-state index in [2.05, 4.69) is 0 Å². The highest BCUT2D eigenvalue weighted by Crippen LogP contribution is 2.31. The lowest BCUT2D eigenvalue weighted by Crippen LogP contribution is -1.98. The SMILES string of the molecule is Oc1ccccc1-c1cc(/C=C/c2ccc(Cl)cc2)nn1-c1ccccc1. The van der Waals surface area contributed by atoms with Crippen LogP contribution >= 0.6 is 11.6 Å². The summed E-state index contributed by atoms with van der Waals surface area (Å²) < 4.78 is 1.84.